The summed E-state index contributed by atoms with van der Waals surface area (Å²) in [6, 6.07) is 7.99. The van der Waals surface area contributed by atoms with E-state index in [1.165, 1.54) is 32.4 Å². The molecule has 0 amide bonds. The molecular formula is C15H22N4. The maximum Gasteiger partial charge on any atom is 0.101 e. The molecule has 4 heteroatoms. The van der Waals surface area contributed by atoms with Crippen molar-refractivity contribution in [1.82, 2.24) is 4.90 Å². The van der Waals surface area contributed by atoms with Crippen LogP contribution in [0.3, 0.4) is 0 Å². The van der Waals surface area contributed by atoms with Gasteiger partial charge in [0.25, 0.3) is 0 Å². The molecule has 1 fully saturated rings. The molecule has 0 spiro atoms. The smallest absolute Gasteiger partial charge is 0.101 e. The predicted molar refractivity (Wildman–Crippen MR) is 78.9 cm³/mol. The molecular weight excluding hydrogens is 236 g/mol. The second-order valence-corrected chi connectivity index (χ2v) is 5.29. The van der Waals surface area contributed by atoms with Crippen molar-refractivity contribution in [3.8, 4) is 6.07 Å². The molecule has 1 aromatic carbocycles. The quantitative estimate of drug-likeness (QED) is 0.814. The van der Waals surface area contributed by atoms with E-state index < -0.39 is 0 Å². The Hall–Kier alpha value is -1.73. The van der Waals surface area contributed by atoms with Gasteiger partial charge in [-0.15, -0.1) is 0 Å². The first-order valence-corrected chi connectivity index (χ1v) is 6.98. The Balaban J connectivity index is 1.95. The van der Waals surface area contributed by atoms with Crippen LogP contribution in [-0.2, 0) is 0 Å². The van der Waals surface area contributed by atoms with Crippen LogP contribution in [0.15, 0.2) is 18.2 Å². The number of rotatable bonds is 4. The summed E-state index contributed by atoms with van der Waals surface area (Å²) in [6.45, 7) is 5.57. The average Bonchev–Trinajstić information content (AvgIpc) is 2.42. The fourth-order valence-corrected chi connectivity index (χ4v) is 2.63. The number of para-hydroxylation sites is 1. The lowest BCUT2D eigenvalue weighted by Gasteiger charge is -2.30. The van der Waals surface area contributed by atoms with E-state index in [1.807, 2.05) is 12.1 Å². The van der Waals surface area contributed by atoms with Gasteiger partial charge in [-0.1, -0.05) is 12.5 Å². The zero-order valence-corrected chi connectivity index (χ0v) is 11.5. The topological polar surface area (TPSA) is 65.1 Å². The van der Waals surface area contributed by atoms with Gasteiger partial charge in [-0.2, -0.15) is 5.26 Å². The lowest BCUT2D eigenvalue weighted by Crippen LogP contribution is -2.38. The molecule has 1 heterocycles. The first-order valence-electron chi connectivity index (χ1n) is 6.98. The second kappa shape index (κ2) is 6.44. The summed E-state index contributed by atoms with van der Waals surface area (Å²) >= 11 is 0. The van der Waals surface area contributed by atoms with Crippen molar-refractivity contribution in [2.75, 3.05) is 30.7 Å². The van der Waals surface area contributed by atoms with E-state index in [1.54, 1.807) is 6.07 Å². The van der Waals surface area contributed by atoms with E-state index in [2.05, 4.69) is 23.2 Å². The molecule has 1 unspecified atom stereocenters. The Morgan fingerprint density at radius 3 is 2.79 bits per heavy atom. The SMILES string of the molecule is CC(CN1CCCCC1)Nc1cccc(C#N)c1N. The van der Waals surface area contributed by atoms with E-state index in [0.29, 0.717) is 17.3 Å². The molecule has 1 atom stereocenters. The van der Waals surface area contributed by atoms with Crippen molar-refractivity contribution in [2.24, 2.45) is 0 Å². The van der Waals surface area contributed by atoms with E-state index in [0.717, 1.165) is 12.2 Å². The minimum atomic E-state index is 0.328. The lowest BCUT2D eigenvalue weighted by molar-refractivity contribution is 0.223. The Labute approximate surface area is 115 Å². The summed E-state index contributed by atoms with van der Waals surface area (Å²) in [5, 5.41) is 12.4. The van der Waals surface area contributed by atoms with Crippen molar-refractivity contribution < 1.29 is 0 Å². The number of hydrogen-bond donors (Lipinski definition) is 2. The van der Waals surface area contributed by atoms with Crippen LogP contribution in [-0.4, -0.2) is 30.6 Å². The van der Waals surface area contributed by atoms with E-state index in [9.17, 15) is 0 Å². The summed E-state index contributed by atoms with van der Waals surface area (Å²) in [5.74, 6) is 0. The van der Waals surface area contributed by atoms with E-state index >= 15 is 0 Å². The minimum absolute atomic E-state index is 0.328. The normalized spacial score (nSPS) is 17.7. The third-order valence-corrected chi connectivity index (χ3v) is 3.61. The summed E-state index contributed by atoms with van der Waals surface area (Å²) in [7, 11) is 0. The van der Waals surface area contributed by atoms with Crippen LogP contribution in [0.1, 0.15) is 31.7 Å². The number of nitrogens with one attached hydrogen (secondary N) is 1. The van der Waals surface area contributed by atoms with Gasteiger partial charge >= 0.3 is 0 Å². The molecule has 1 aliphatic rings. The van der Waals surface area contributed by atoms with Gasteiger partial charge in [-0.3, -0.25) is 0 Å². The maximum absolute atomic E-state index is 8.97. The molecule has 19 heavy (non-hydrogen) atoms. The van der Waals surface area contributed by atoms with Crippen molar-refractivity contribution in [1.29, 1.82) is 5.26 Å². The molecule has 0 saturated carbocycles. The number of nitrogen functional groups attached to an aromatic ring is 1. The van der Waals surface area contributed by atoms with E-state index in [-0.39, 0.29) is 0 Å². The Morgan fingerprint density at radius 1 is 1.37 bits per heavy atom. The molecule has 1 aliphatic heterocycles. The highest BCUT2D eigenvalue weighted by Gasteiger charge is 2.14. The maximum atomic E-state index is 8.97. The van der Waals surface area contributed by atoms with Gasteiger partial charge in [0, 0.05) is 12.6 Å². The highest BCUT2D eigenvalue weighted by atomic mass is 15.2. The molecule has 2 rings (SSSR count). The van der Waals surface area contributed by atoms with Crippen LogP contribution in [0, 0.1) is 11.3 Å². The largest absolute Gasteiger partial charge is 0.396 e. The summed E-state index contributed by atoms with van der Waals surface area (Å²) in [6.07, 6.45) is 3.97. The fourth-order valence-electron chi connectivity index (χ4n) is 2.63. The van der Waals surface area contributed by atoms with Gasteiger partial charge in [0.1, 0.15) is 6.07 Å². The highest BCUT2D eigenvalue weighted by molar-refractivity contribution is 5.73. The van der Waals surface area contributed by atoms with Crippen molar-refractivity contribution in [3.63, 3.8) is 0 Å². The van der Waals surface area contributed by atoms with Crippen molar-refractivity contribution >= 4 is 11.4 Å². The highest BCUT2D eigenvalue weighted by Crippen LogP contribution is 2.23. The average molecular weight is 258 g/mol. The zero-order valence-electron chi connectivity index (χ0n) is 11.5. The summed E-state index contributed by atoms with van der Waals surface area (Å²) < 4.78 is 0. The zero-order chi connectivity index (χ0) is 13.7. The van der Waals surface area contributed by atoms with Crippen molar-refractivity contribution in [3.05, 3.63) is 23.8 Å². The fraction of sp³-hybridized carbons (Fsp3) is 0.533. The molecule has 0 aliphatic carbocycles. The third-order valence-electron chi connectivity index (χ3n) is 3.61. The monoisotopic (exact) mass is 258 g/mol. The Bertz CT molecular complexity index is 458. The number of likely N-dealkylation sites (tertiary alicyclic amines) is 1. The summed E-state index contributed by atoms with van der Waals surface area (Å²) in [5.41, 5.74) is 7.93. The molecule has 4 nitrogen and oxygen atoms in total. The lowest BCUT2D eigenvalue weighted by atomic mass is 10.1. The molecule has 0 radical (unpaired) electrons. The third kappa shape index (κ3) is 3.62. The number of nitriles is 1. The van der Waals surface area contributed by atoms with Gasteiger partial charge in [-0.25, -0.2) is 0 Å². The number of nitrogens with zero attached hydrogens (tertiary/aromatic N) is 2. The molecule has 3 N–H and O–H groups in total. The first-order chi connectivity index (χ1) is 9.20. The van der Waals surface area contributed by atoms with Gasteiger partial charge in [0.2, 0.25) is 0 Å². The number of anilines is 2. The standard InChI is InChI=1S/C15H22N4/c1-12(11-19-8-3-2-4-9-19)18-14-7-5-6-13(10-16)15(14)17/h5-7,12,18H,2-4,8-9,11,17H2,1H3. The molecule has 1 aromatic rings. The van der Waals surface area contributed by atoms with Crippen LogP contribution in [0.2, 0.25) is 0 Å². The number of nitrogens with two attached hydrogens (primary N) is 1. The van der Waals surface area contributed by atoms with E-state index in [4.69, 9.17) is 11.0 Å². The van der Waals surface area contributed by atoms with Crippen LogP contribution in [0.5, 0.6) is 0 Å². The molecule has 0 bridgehead atoms. The number of piperidine rings is 1. The minimum Gasteiger partial charge on any atom is -0.396 e. The van der Waals surface area contributed by atoms with Gasteiger partial charge in [-0.05, 0) is 45.0 Å². The first kappa shape index (κ1) is 13.7. The second-order valence-electron chi connectivity index (χ2n) is 5.29. The molecule has 0 aromatic heterocycles. The molecule has 102 valence electrons. The van der Waals surface area contributed by atoms with Crippen LogP contribution in [0.25, 0.3) is 0 Å². The van der Waals surface area contributed by atoms with Gasteiger partial charge < -0.3 is 16.0 Å². The van der Waals surface area contributed by atoms with Crippen LogP contribution in [0.4, 0.5) is 11.4 Å². The van der Waals surface area contributed by atoms with Crippen molar-refractivity contribution in [2.45, 2.75) is 32.2 Å². The summed E-state index contributed by atoms with van der Waals surface area (Å²) in [4.78, 5) is 2.49. The van der Waals surface area contributed by atoms with Crippen LogP contribution >= 0.6 is 0 Å². The number of benzene rings is 1. The predicted octanol–water partition coefficient (Wildman–Crippen LogP) is 2.43. The Morgan fingerprint density at radius 2 is 2.11 bits per heavy atom. The van der Waals surface area contributed by atoms with Gasteiger partial charge in [0.15, 0.2) is 0 Å². The van der Waals surface area contributed by atoms with Gasteiger partial charge in [0.05, 0.1) is 16.9 Å². The Kier molecular flexibility index (Phi) is 4.64. The van der Waals surface area contributed by atoms with Crippen LogP contribution < -0.4 is 11.1 Å². The number of hydrogen-bond acceptors (Lipinski definition) is 4. The molecule has 1 saturated heterocycles.